The van der Waals surface area contributed by atoms with Crippen LogP contribution in [-0.4, -0.2) is 27.0 Å². The number of hydrogen-bond acceptors (Lipinski definition) is 6. The maximum absolute atomic E-state index is 13.5. The Hall–Kier alpha value is -2.28. The van der Waals surface area contributed by atoms with Crippen molar-refractivity contribution < 1.29 is 19.2 Å². The highest BCUT2D eigenvalue weighted by molar-refractivity contribution is 7.12. The van der Waals surface area contributed by atoms with Crippen molar-refractivity contribution in [3.63, 3.8) is 0 Å². The van der Waals surface area contributed by atoms with Crippen molar-refractivity contribution in [3.8, 4) is 11.5 Å². The van der Waals surface area contributed by atoms with Gasteiger partial charge in [-0.25, -0.2) is 4.79 Å². The fraction of sp³-hybridized carbons (Fsp3) is 0.583. The predicted octanol–water partition coefficient (Wildman–Crippen LogP) is 5.11. The number of allylic oxidation sites excluding steroid dienone is 1. The standard InChI is InChI=1S/C24H28N2O4S/c1-12(2)22-25-23(30-26-22)21-15-5-3-4-6-17(15)31-18(21)11-16(27)19-13-7-9-14(10-8-13)20(19)24(28)29/h12-14H,3-11H2,1-2H3,(H,28,29). The van der Waals surface area contributed by atoms with Crippen molar-refractivity contribution in [2.75, 3.05) is 0 Å². The second-order valence-electron chi connectivity index (χ2n) is 9.40. The van der Waals surface area contributed by atoms with Crippen LogP contribution in [0.25, 0.3) is 11.5 Å². The maximum atomic E-state index is 13.5. The lowest BCUT2D eigenvalue weighted by Crippen LogP contribution is -2.34. The second-order valence-corrected chi connectivity index (χ2v) is 10.6. The molecule has 0 saturated heterocycles. The summed E-state index contributed by atoms with van der Waals surface area (Å²) in [6.07, 6.45) is 8.11. The SMILES string of the molecule is CC(C)c1noc(-c2c(CC(=O)C3=C(C(=O)O)C4CCC3CC4)sc3c2CCCC3)n1. The normalized spacial score (nSPS) is 22.8. The van der Waals surface area contributed by atoms with E-state index in [4.69, 9.17) is 4.52 Å². The predicted molar refractivity (Wildman–Crippen MR) is 117 cm³/mol. The Bertz CT molecular complexity index is 1070. The molecule has 4 aliphatic carbocycles. The van der Waals surface area contributed by atoms with E-state index < -0.39 is 5.97 Å². The number of fused-ring (bicyclic) bond motifs is 3. The smallest absolute Gasteiger partial charge is 0.332 e. The molecule has 0 aliphatic heterocycles. The van der Waals surface area contributed by atoms with Crippen LogP contribution in [0.5, 0.6) is 0 Å². The average Bonchev–Trinajstić information content (AvgIpc) is 3.38. The summed E-state index contributed by atoms with van der Waals surface area (Å²) in [4.78, 5) is 32.4. The summed E-state index contributed by atoms with van der Waals surface area (Å²) in [7, 11) is 0. The van der Waals surface area contributed by atoms with Gasteiger partial charge in [-0.1, -0.05) is 19.0 Å². The molecule has 0 aromatic carbocycles. The van der Waals surface area contributed by atoms with Gasteiger partial charge in [-0.2, -0.15) is 4.98 Å². The number of carboxylic acid groups (broad SMARTS) is 1. The Morgan fingerprint density at radius 3 is 2.42 bits per heavy atom. The summed E-state index contributed by atoms with van der Waals surface area (Å²) in [6, 6.07) is 0. The molecule has 1 fully saturated rings. The number of thiophene rings is 1. The summed E-state index contributed by atoms with van der Waals surface area (Å²) in [5.74, 6) is 0.516. The van der Waals surface area contributed by atoms with E-state index in [1.807, 2.05) is 13.8 Å². The van der Waals surface area contributed by atoms with Crippen LogP contribution in [0.1, 0.15) is 79.4 Å². The van der Waals surface area contributed by atoms with Gasteiger partial charge in [0.15, 0.2) is 11.6 Å². The van der Waals surface area contributed by atoms with E-state index in [9.17, 15) is 14.7 Å². The molecule has 2 aromatic rings. The molecule has 2 heterocycles. The van der Waals surface area contributed by atoms with Gasteiger partial charge >= 0.3 is 5.97 Å². The third-order valence-corrected chi connectivity index (χ3v) is 8.39. The van der Waals surface area contributed by atoms with Crippen LogP contribution in [0.3, 0.4) is 0 Å². The molecular formula is C24H28N2O4S. The molecule has 0 amide bonds. The van der Waals surface area contributed by atoms with E-state index in [1.165, 1.54) is 10.4 Å². The topological polar surface area (TPSA) is 93.3 Å². The number of rotatable bonds is 6. The minimum absolute atomic E-state index is 0.0296. The fourth-order valence-corrected chi connectivity index (χ4v) is 6.97. The van der Waals surface area contributed by atoms with Gasteiger partial charge in [0.05, 0.1) is 5.56 Å². The molecule has 0 spiro atoms. The second kappa shape index (κ2) is 8.01. The highest BCUT2D eigenvalue weighted by atomic mass is 32.1. The van der Waals surface area contributed by atoms with E-state index in [0.29, 0.717) is 22.9 Å². The largest absolute Gasteiger partial charge is 0.478 e. The number of aromatic nitrogens is 2. The van der Waals surface area contributed by atoms with Crippen LogP contribution >= 0.6 is 11.3 Å². The molecular weight excluding hydrogens is 412 g/mol. The number of carboxylic acids is 1. The zero-order valence-electron chi connectivity index (χ0n) is 18.1. The number of carbonyl (C=O) groups excluding carboxylic acids is 1. The van der Waals surface area contributed by atoms with Crippen molar-refractivity contribution in [1.82, 2.24) is 10.1 Å². The minimum atomic E-state index is -0.915. The molecule has 0 atom stereocenters. The van der Waals surface area contributed by atoms with Crippen LogP contribution in [-0.2, 0) is 28.9 Å². The Morgan fingerprint density at radius 2 is 1.77 bits per heavy atom. The maximum Gasteiger partial charge on any atom is 0.332 e. The van der Waals surface area contributed by atoms with E-state index in [1.54, 1.807) is 11.3 Å². The first-order chi connectivity index (χ1) is 14.9. The van der Waals surface area contributed by atoms with Crippen LogP contribution in [0, 0.1) is 11.8 Å². The molecule has 2 aromatic heterocycles. The summed E-state index contributed by atoms with van der Waals surface area (Å²) < 4.78 is 5.64. The minimum Gasteiger partial charge on any atom is -0.478 e. The summed E-state index contributed by atoms with van der Waals surface area (Å²) >= 11 is 1.68. The molecule has 31 heavy (non-hydrogen) atoms. The van der Waals surface area contributed by atoms with Crippen LogP contribution < -0.4 is 0 Å². The van der Waals surface area contributed by atoms with E-state index in [0.717, 1.165) is 61.8 Å². The molecule has 0 radical (unpaired) electrons. The molecule has 6 nitrogen and oxygen atoms in total. The highest BCUT2D eigenvalue weighted by Gasteiger charge is 2.41. The molecule has 6 rings (SSSR count). The number of hydrogen-bond donors (Lipinski definition) is 1. The Balaban J connectivity index is 1.55. The molecule has 7 heteroatoms. The molecule has 2 bridgehead atoms. The molecule has 4 aliphatic rings. The van der Waals surface area contributed by atoms with Gasteiger partial charge in [0.1, 0.15) is 0 Å². The van der Waals surface area contributed by atoms with Crippen molar-refractivity contribution in [2.24, 2.45) is 11.8 Å². The lowest BCUT2D eigenvalue weighted by molar-refractivity contribution is -0.134. The first-order valence-corrected chi connectivity index (χ1v) is 12.2. The fourth-order valence-electron chi connectivity index (χ4n) is 5.59. The van der Waals surface area contributed by atoms with Gasteiger partial charge in [-0.05, 0) is 68.8 Å². The zero-order chi connectivity index (χ0) is 21.7. The van der Waals surface area contributed by atoms with Crippen molar-refractivity contribution in [2.45, 2.75) is 77.6 Å². The van der Waals surface area contributed by atoms with Crippen molar-refractivity contribution >= 4 is 23.1 Å². The number of carbonyl (C=O) groups is 2. The first-order valence-electron chi connectivity index (χ1n) is 11.4. The van der Waals surface area contributed by atoms with Crippen LogP contribution in [0.4, 0.5) is 0 Å². The third-order valence-electron chi connectivity index (χ3n) is 7.10. The van der Waals surface area contributed by atoms with E-state index >= 15 is 0 Å². The summed E-state index contributed by atoms with van der Waals surface area (Å²) in [5, 5.41) is 14.0. The Labute approximate surface area is 185 Å². The number of ketones is 1. The monoisotopic (exact) mass is 440 g/mol. The quantitative estimate of drug-likeness (QED) is 0.671. The zero-order valence-corrected chi connectivity index (χ0v) is 18.9. The first kappa shape index (κ1) is 20.6. The third kappa shape index (κ3) is 3.56. The van der Waals surface area contributed by atoms with E-state index in [2.05, 4.69) is 10.1 Å². The van der Waals surface area contributed by atoms with Crippen LogP contribution in [0.15, 0.2) is 15.7 Å². The lowest BCUT2D eigenvalue weighted by Gasteiger charge is -2.38. The molecule has 0 unspecified atom stereocenters. The molecule has 1 saturated carbocycles. The molecule has 164 valence electrons. The van der Waals surface area contributed by atoms with Crippen molar-refractivity contribution in [1.29, 1.82) is 0 Å². The van der Waals surface area contributed by atoms with Gasteiger partial charge < -0.3 is 9.63 Å². The number of Topliss-reactive ketones (excluding diaryl/α,β-unsaturated/α-hetero) is 1. The van der Waals surface area contributed by atoms with Crippen LogP contribution in [0.2, 0.25) is 0 Å². The Kier molecular flexibility index (Phi) is 5.32. The Morgan fingerprint density at radius 1 is 1.10 bits per heavy atom. The number of aliphatic carboxylic acids is 1. The summed E-state index contributed by atoms with van der Waals surface area (Å²) in [5.41, 5.74) is 3.15. The summed E-state index contributed by atoms with van der Waals surface area (Å²) in [6.45, 7) is 4.06. The molecule has 1 N–H and O–H groups in total. The van der Waals surface area contributed by atoms with Gasteiger partial charge in [0.25, 0.3) is 5.89 Å². The van der Waals surface area contributed by atoms with E-state index in [-0.39, 0.29) is 30.0 Å². The number of nitrogens with zero attached hydrogens (tertiary/aromatic N) is 2. The highest BCUT2D eigenvalue weighted by Crippen LogP contribution is 2.47. The van der Waals surface area contributed by atoms with Gasteiger partial charge in [0, 0.05) is 33.2 Å². The van der Waals surface area contributed by atoms with Crippen molar-refractivity contribution in [3.05, 3.63) is 32.3 Å². The van der Waals surface area contributed by atoms with Gasteiger partial charge in [0.2, 0.25) is 0 Å². The average molecular weight is 441 g/mol. The van der Waals surface area contributed by atoms with Gasteiger partial charge in [-0.15, -0.1) is 11.3 Å². The number of aryl methyl sites for hydroxylation is 1. The lowest BCUT2D eigenvalue weighted by atomic mass is 9.65. The van der Waals surface area contributed by atoms with Gasteiger partial charge in [-0.3, -0.25) is 4.79 Å².